The molecule has 0 spiro atoms. The third-order valence-electron chi connectivity index (χ3n) is 8.15. The van der Waals surface area contributed by atoms with Gasteiger partial charge in [-0.05, 0) is 57.0 Å². The summed E-state index contributed by atoms with van der Waals surface area (Å²) in [5, 5.41) is 0. The Hall–Kier alpha value is -3.12. The SMILES string of the molecule is CC(C)c1[c]cc(C(C)(C)c2ccccc2)c(C(C)(C)c2ccccc2)c1C(C)(C)c1ccccc1. The Morgan fingerprint density at radius 1 is 0.500 bits per heavy atom. The summed E-state index contributed by atoms with van der Waals surface area (Å²) in [6.45, 7) is 18.9. The van der Waals surface area contributed by atoms with Crippen LogP contribution in [0.25, 0.3) is 0 Å². The van der Waals surface area contributed by atoms with Crippen molar-refractivity contribution in [1.82, 2.24) is 0 Å². The lowest BCUT2D eigenvalue weighted by Gasteiger charge is -2.42. The van der Waals surface area contributed by atoms with Crippen molar-refractivity contribution in [2.45, 2.75) is 77.6 Å². The van der Waals surface area contributed by atoms with E-state index in [0.29, 0.717) is 5.92 Å². The van der Waals surface area contributed by atoms with Gasteiger partial charge < -0.3 is 0 Å². The summed E-state index contributed by atoms with van der Waals surface area (Å²) in [6, 6.07) is 39.0. The average Bonchev–Trinajstić information content (AvgIpc) is 2.89. The number of rotatable bonds is 7. The van der Waals surface area contributed by atoms with E-state index in [1.54, 1.807) is 0 Å². The number of hydrogen-bond acceptors (Lipinski definition) is 0. The molecule has 4 aromatic carbocycles. The van der Waals surface area contributed by atoms with E-state index in [-0.39, 0.29) is 16.2 Å². The Bertz CT molecular complexity index is 1290. The molecule has 0 atom stereocenters. The van der Waals surface area contributed by atoms with Crippen LogP contribution in [-0.4, -0.2) is 0 Å². The van der Waals surface area contributed by atoms with Crippen LogP contribution in [0.5, 0.6) is 0 Å². The smallest absolute Gasteiger partial charge is 0.0152 e. The summed E-state index contributed by atoms with van der Waals surface area (Å²) < 4.78 is 0. The van der Waals surface area contributed by atoms with Crippen molar-refractivity contribution >= 4 is 0 Å². The molecule has 0 bridgehead atoms. The van der Waals surface area contributed by atoms with Crippen LogP contribution in [0.3, 0.4) is 0 Å². The van der Waals surface area contributed by atoms with Crippen LogP contribution in [0.4, 0.5) is 0 Å². The monoisotopic (exact) mass is 473 g/mol. The van der Waals surface area contributed by atoms with Gasteiger partial charge in [0.15, 0.2) is 0 Å². The first-order chi connectivity index (χ1) is 17.0. The summed E-state index contributed by atoms with van der Waals surface area (Å²) in [5.41, 5.74) is 8.92. The molecule has 0 saturated carbocycles. The topological polar surface area (TPSA) is 0 Å². The first-order valence-electron chi connectivity index (χ1n) is 13.3. The van der Waals surface area contributed by atoms with Gasteiger partial charge in [0.25, 0.3) is 0 Å². The van der Waals surface area contributed by atoms with E-state index < -0.39 is 0 Å². The number of hydrogen-bond donors (Lipinski definition) is 0. The van der Waals surface area contributed by atoms with Gasteiger partial charge in [-0.2, -0.15) is 0 Å². The first kappa shape index (κ1) is 26.0. The molecule has 0 saturated heterocycles. The third kappa shape index (κ3) is 4.55. The van der Waals surface area contributed by atoms with Gasteiger partial charge in [-0.15, -0.1) is 0 Å². The largest absolute Gasteiger partial charge is 0.0622 e. The van der Waals surface area contributed by atoms with Crippen molar-refractivity contribution in [3.63, 3.8) is 0 Å². The van der Waals surface area contributed by atoms with E-state index in [1.807, 2.05) is 0 Å². The van der Waals surface area contributed by atoms with E-state index in [0.717, 1.165) is 0 Å². The molecule has 1 radical (unpaired) electrons. The Balaban J connectivity index is 2.16. The molecule has 0 heterocycles. The van der Waals surface area contributed by atoms with Crippen molar-refractivity contribution in [3.8, 4) is 0 Å². The predicted molar refractivity (Wildman–Crippen MR) is 155 cm³/mol. The molecule has 0 aliphatic heterocycles. The molecule has 0 amide bonds. The van der Waals surface area contributed by atoms with E-state index in [1.165, 1.54) is 38.9 Å². The van der Waals surface area contributed by atoms with Gasteiger partial charge in [-0.1, -0.05) is 146 Å². The molecule has 0 unspecified atom stereocenters. The normalized spacial score (nSPS) is 12.7. The van der Waals surface area contributed by atoms with Gasteiger partial charge in [0.2, 0.25) is 0 Å². The molecular formula is C36H41. The Morgan fingerprint density at radius 2 is 0.861 bits per heavy atom. The van der Waals surface area contributed by atoms with Crippen LogP contribution in [0.1, 0.15) is 100 Å². The van der Waals surface area contributed by atoms with E-state index >= 15 is 0 Å². The maximum Gasteiger partial charge on any atom is 0.0152 e. The van der Waals surface area contributed by atoms with Crippen LogP contribution < -0.4 is 0 Å². The van der Waals surface area contributed by atoms with Crippen LogP contribution in [-0.2, 0) is 16.2 Å². The fraction of sp³-hybridized carbons (Fsp3) is 0.333. The zero-order chi connectivity index (χ0) is 26.1. The summed E-state index contributed by atoms with van der Waals surface area (Å²) in [4.78, 5) is 0. The second-order valence-corrected chi connectivity index (χ2v) is 12.0. The fourth-order valence-corrected chi connectivity index (χ4v) is 5.82. The van der Waals surface area contributed by atoms with E-state index in [4.69, 9.17) is 0 Å². The van der Waals surface area contributed by atoms with Gasteiger partial charge in [0.1, 0.15) is 0 Å². The summed E-state index contributed by atoms with van der Waals surface area (Å²) in [5.74, 6) is 0.363. The van der Waals surface area contributed by atoms with Gasteiger partial charge in [0, 0.05) is 16.2 Å². The summed E-state index contributed by atoms with van der Waals surface area (Å²) in [6.07, 6.45) is 0. The fourth-order valence-electron chi connectivity index (χ4n) is 5.82. The van der Waals surface area contributed by atoms with E-state index in [2.05, 4.69) is 159 Å². The van der Waals surface area contributed by atoms with Gasteiger partial charge >= 0.3 is 0 Å². The first-order valence-corrected chi connectivity index (χ1v) is 13.3. The van der Waals surface area contributed by atoms with Crippen molar-refractivity contribution < 1.29 is 0 Å². The average molecular weight is 474 g/mol. The Labute approximate surface area is 219 Å². The predicted octanol–water partition coefficient (Wildman–Crippen LogP) is 9.59. The standard InChI is InChI=1S/C36H41/c1-26(2)30-24-25-31(34(3,4)27-18-12-9-13-19-27)33(36(7,8)29-22-16-11-17-23-29)32(30)35(5,6)28-20-14-10-15-21-28/h9-23,25-26H,1-8H3. The zero-order valence-electron chi connectivity index (χ0n) is 23.3. The third-order valence-corrected chi connectivity index (χ3v) is 8.15. The van der Waals surface area contributed by atoms with Gasteiger partial charge in [0.05, 0.1) is 0 Å². The highest BCUT2D eigenvalue weighted by atomic mass is 14.4. The molecule has 0 nitrogen and oxygen atoms in total. The molecule has 36 heavy (non-hydrogen) atoms. The zero-order valence-corrected chi connectivity index (χ0v) is 23.3. The van der Waals surface area contributed by atoms with Gasteiger partial charge in [-0.25, -0.2) is 0 Å². The molecule has 0 aromatic heterocycles. The van der Waals surface area contributed by atoms with Crippen LogP contribution in [0.2, 0.25) is 0 Å². The maximum absolute atomic E-state index is 3.82. The lowest BCUT2D eigenvalue weighted by atomic mass is 9.61. The molecular weight excluding hydrogens is 432 g/mol. The molecule has 0 N–H and O–H groups in total. The second kappa shape index (κ2) is 9.74. The lowest BCUT2D eigenvalue weighted by molar-refractivity contribution is 0.536. The molecule has 185 valence electrons. The second-order valence-electron chi connectivity index (χ2n) is 12.0. The highest BCUT2D eigenvalue weighted by Crippen LogP contribution is 2.49. The van der Waals surface area contributed by atoms with Crippen molar-refractivity contribution in [2.24, 2.45) is 0 Å². The van der Waals surface area contributed by atoms with Crippen LogP contribution in [0, 0.1) is 6.07 Å². The summed E-state index contributed by atoms with van der Waals surface area (Å²) in [7, 11) is 0. The van der Waals surface area contributed by atoms with Crippen LogP contribution in [0.15, 0.2) is 97.1 Å². The molecule has 0 heteroatoms. The Kier molecular flexibility index (Phi) is 7.02. The minimum absolute atomic E-state index is 0.184. The van der Waals surface area contributed by atoms with Crippen molar-refractivity contribution in [3.05, 3.63) is 142 Å². The molecule has 4 aromatic rings. The van der Waals surface area contributed by atoms with Crippen molar-refractivity contribution in [1.29, 1.82) is 0 Å². The highest BCUT2D eigenvalue weighted by molar-refractivity contribution is 5.59. The lowest BCUT2D eigenvalue weighted by Crippen LogP contribution is -2.34. The van der Waals surface area contributed by atoms with E-state index in [9.17, 15) is 0 Å². The quantitative estimate of drug-likeness (QED) is 0.251. The summed E-state index contributed by atoms with van der Waals surface area (Å²) >= 11 is 0. The van der Waals surface area contributed by atoms with Crippen molar-refractivity contribution in [2.75, 3.05) is 0 Å². The Morgan fingerprint density at radius 3 is 1.25 bits per heavy atom. The molecule has 0 fully saturated rings. The van der Waals surface area contributed by atoms with Crippen LogP contribution >= 0.6 is 0 Å². The van der Waals surface area contributed by atoms with Gasteiger partial charge in [-0.3, -0.25) is 0 Å². The molecule has 4 rings (SSSR count). The highest BCUT2D eigenvalue weighted by Gasteiger charge is 2.40. The minimum Gasteiger partial charge on any atom is -0.0622 e. The minimum atomic E-state index is -0.206. The maximum atomic E-state index is 3.82. The molecule has 0 aliphatic carbocycles. The molecule has 0 aliphatic rings. The number of benzene rings is 4.